The second-order valence-electron chi connectivity index (χ2n) is 5.94. The summed E-state index contributed by atoms with van der Waals surface area (Å²) in [6.07, 6.45) is 2.37. The number of carbonyl (C=O) groups excluding carboxylic acids is 1. The van der Waals surface area contributed by atoms with Crippen LogP contribution < -0.4 is 5.32 Å². The van der Waals surface area contributed by atoms with E-state index in [0.29, 0.717) is 6.54 Å². The van der Waals surface area contributed by atoms with Crippen molar-refractivity contribution in [3.05, 3.63) is 16.1 Å². The normalized spacial score (nSPS) is 23.0. The molecule has 2 aliphatic rings. The highest BCUT2D eigenvalue weighted by Gasteiger charge is 2.23. The third kappa shape index (κ3) is 4.18. The van der Waals surface area contributed by atoms with E-state index in [1.807, 2.05) is 11.8 Å². The van der Waals surface area contributed by atoms with Gasteiger partial charge in [0.1, 0.15) is 0 Å². The summed E-state index contributed by atoms with van der Waals surface area (Å²) in [6, 6.07) is 0.0413. The Morgan fingerprint density at radius 1 is 1.45 bits per heavy atom. The molecule has 1 N–H and O–H groups in total. The smallest absolute Gasteiger partial charge is 0.317 e. The highest BCUT2D eigenvalue weighted by Crippen LogP contribution is 2.13. The van der Waals surface area contributed by atoms with Gasteiger partial charge in [-0.3, -0.25) is 4.90 Å². The number of aromatic nitrogens is 1. The maximum atomic E-state index is 12.2. The Morgan fingerprint density at radius 2 is 2.27 bits per heavy atom. The molecular formula is C15H24N4O2S. The van der Waals surface area contributed by atoms with Crippen molar-refractivity contribution in [2.24, 2.45) is 0 Å². The Morgan fingerprint density at radius 3 is 2.91 bits per heavy atom. The van der Waals surface area contributed by atoms with Gasteiger partial charge in [0.25, 0.3) is 0 Å². The average Bonchev–Trinajstić information content (AvgIpc) is 3.17. The van der Waals surface area contributed by atoms with Crippen LogP contribution in [0.15, 0.2) is 5.38 Å². The summed E-state index contributed by atoms with van der Waals surface area (Å²) >= 11 is 1.69. The summed E-state index contributed by atoms with van der Waals surface area (Å²) in [5.74, 6) is 0. The minimum Gasteiger partial charge on any atom is -0.376 e. The van der Waals surface area contributed by atoms with Crippen molar-refractivity contribution >= 4 is 17.4 Å². The van der Waals surface area contributed by atoms with E-state index in [2.05, 4.69) is 20.6 Å². The fraction of sp³-hybridized carbons (Fsp3) is 0.733. The highest BCUT2D eigenvalue weighted by atomic mass is 32.1. The molecule has 122 valence electrons. The van der Waals surface area contributed by atoms with Gasteiger partial charge < -0.3 is 15.0 Å². The van der Waals surface area contributed by atoms with Crippen molar-refractivity contribution in [3.8, 4) is 0 Å². The Balaban J connectivity index is 1.38. The number of ether oxygens (including phenoxy) is 1. The molecule has 2 fully saturated rings. The van der Waals surface area contributed by atoms with Gasteiger partial charge in [0, 0.05) is 51.3 Å². The Bertz CT molecular complexity index is 493. The second kappa shape index (κ2) is 7.39. The van der Waals surface area contributed by atoms with Crippen molar-refractivity contribution in [3.63, 3.8) is 0 Å². The third-order valence-electron chi connectivity index (χ3n) is 4.22. The lowest BCUT2D eigenvalue weighted by molar-refractivity contribution is 0.103. The standard InChI is InChI=1S/C15H24N4O2S/c1-12-17-13(11-22-12)10-18-4-6-19(7-5-18)15(20)16-9-14-3-2-8-21-14/h11,14H,2-10H2,1H3,(H,16,20). The summed E-state index contributed by atoms with van der Waals surface area (Å²) in [4.78, 5) is 20.9. The van der Waals surface area contributed by atoms with E-state index in [-0.39, 0.29) is 12.1 Å². The van der Waals surface area contributed by atoms with Crippen LogP contribution in [0.4, 0.5) is 4.79 Å². The molecule has 2 amide bonds. The van der Waals surface area contributed by atoms with Crippen molar-refractivity contribution in [2.75, 3.05) is 39.3 Å². The zero-order valence-corrected chi connectivity index (χ0v) is 13.9. The number of amides is 2. The zero-order chi connectivity index (χ0) is 15.4. The molecule has 1 unspecified atom stereocenters. The quantitative estimate of drug-likeness (QED) is 0.911. The first-order chi connectivity index (χ1) is 10.7. The van der Waals surface area contributed by atoms with Gasteiger partial charge in [0.15, 0.2) is 0 Å². The number of thiazole rings is 1. The van der Waals surface area contributed by atoms with Gasteiger partial charge in [-0.15, -0.1) is 11.3 Å². The minimum absolute atomic E-state index is 0.0413. The van der Waals surface area contributed by atoms with E-state index in [1.54, 1.807) is 11.3 Å². The molecule has 3 heterocycles. The van der Waals surface area contributed by atoms with Crippen LogP contribution in [0.25, 0.3) is 0 Å². The minimum atomic E-state index is 0.0413. The number of nitrogens with one attached hydrogen (secondary N) is 1. The Hall–Kier alpha value is -1.18. The number of piperazine rings is 1. The van der Waals surface area contributed by atoms with Gasteiger partial charge in [0.2, 0.25) is 0 Å². The second-order valence-corrected chi connectivity index (χ2v) is 7.00. The SMILES string of the molecule is Cc1nc(CN2CCN(C(=O)NCC3CCCO3)CC2)cs1. The van der Waals surface area contributed by atoms with E-state index >= 15 is 0 Å². The Labute approximate surface area is 135 Å². The van der Waals surface area contributed by atoms with Gasteiger partial charge >= 0.3 is 6.03 Å². The van der Waals surface area contributed by atoms with Gasteiger partial charge in [-0.2, -0.15) is 0 Å². The molecule has 0 spiro atoms. The number of urea groups is 1. The Kier molecular flexibility index (Phi) is 5.28. The van der Waals surface area contributed by atoms with Crippen LogP contribution >= 0.6 is 11.3 Å². The summed E-state index contributed by atoms with van der Waals surface area (Å²) in [6.45, 7) is 7.75. The molecule has 7 heteroatoms. The topological polar surface area (TPSA) is 57.7 Å². The van der Waals surface area contributed by atoms with Crippen molar-refractivity contribution in [1.82, 2.24) is 20.1 Å². The van der Waals surface area contributed by atoms with Crippen LogP contribution in [0.2, 0.25) is 0 Å². The molecular weight excluding hydrogens is 300 g/mol. The van der Waals surface area contributed by atoms with E-state index in [4.69, 9.17) is 4.74 Å². The molecule has 0 aromatic carbocycles. The summed E-state index contributed by atoms with van der Waals surface area (Å²) in [5, 5.41) is 6.23. The molecule has 0 bridgehead atoms. The summed E-state index contributed by atoms with van der Waals surface area (Å²) < 4.78 is 5.53. The maximum absolute atomic E-state index is 12.2. The fourth-order valence-corrected chi connectivity index (χ4v) is 3.54. The first kappa shape index (κ1) is 15.7. The number of carbonyl (C=O) groups is 1. The van der Waals surface area contributed by atoms with Crippen LogP contribution in [0.1, 0.15) is 23.5 Å². The van der Waals surface area contributed by atoms with Crippen molar-refractivity contribution in [1.29, 1.82) is 0 Å². The van der Waals surface area contributed by atoms with Crippen LogP contribution in [0.3, 0.4) is 0 Å². The van der Waals surface area contributed by atoms with Crippen LogP contribution in [0, 0.1) is 6.92 Å². The lowest BCUT2D eigenvalue weighted by Gasteiger charge is -2.34. The lowest BCUT2D eigenvalue weighted by atomic mass is 10.2. The molecule has 1 aromatic heterocycles. The monoisotopic (exact) mass is 324 g/mol. The molecule has 0 radical (unpaired) electrons. The number of hydrogen-bond acceptors (Lipinski definition) is 5. The van der Waals surface area contributed by atoms with E-state index in [0.717, 1.165) is 62.9 Å². The summed E-state index contributed by atoms with van der Waals surface area (Å²) in [5.41, 5.74) is 1.14. The number of hydrogen-bond donors (Lipinski definition) is 1. The largest absolute Gasteiger partial charge is 0.376 e. The molecule has 1 atom stereocenters. The first-order valence-electron chi connectivity index (χ1n) is 7.98. The third-order valence-corrected chi connectivity index (χ3v) is 5.04. The maximum Gasteiger partial charge on any atom is 0.317 e. The molecule has 2 aliphatic heterocycles. The van der Waals surface area contributed by atoms with Crippen molar-refractivity contribution < 1.29 is 9.53 Å². The van der Waals surface area contributed by atoms with E-state index in [1.165, 1.54) is 0 Å². The van der Waals surface area contributed by atoms with Crippen LogP contribution in [-0.2, 0) is 11.3 Å². The van der Waals surface area contributed by atoms with Gasteiger partial charge in [-0.25, -0.2) is 9.78 Å². The molecule has 2 saturated heterocycles. The van der Waals surface area contributed by atoms with Gasteiger partial charge in [-0.1, -0.05) is 0 Å². The van der Waals surface area contributed by atoms with E-state index < -0.39 is 0 Å². The van der Waals surface area contributed by atoms with Crippen LogP contribution in [0.5, 0.6) is 0 Å². The molecule has 3 rings (SSSR count). The van der Waals surface area contributed by atoms with E-state index in [9.17, 15) is 4.79 Å². The average molecular weight is 324 g/mol. The first-order valence-corrected chi connectivity index (χ1v) is 8.86. The van der Waals surface area contributed by atoms with Crippen molar-refractivity contribution in [2.45, 2.75) is 32.4 Å². The predicted molar refractivity (Wildman–Crippen MR) is 86.1 cm³/mol. The molecule has 6 nitrogen and oxygen atoms in total. The molecule has 22 heavy (non-hydrogen) atoms. The lowest BCUT2D eigenvalue weighted by Crippen LogP contribution is -2.52. The predicted octanol–water partition coefficient (Wildman–Crippen LogP) is 1.46. The molecule has 1 aromatic rings. The molecule has 0 aliphatic carbocycles. The molecule has 0 saturated carbocycles. The number of rotatable bonds is 4. The highest BCUT2D eigenvalue weighted by molar-refractivity contribution is 7.09. The number of aryl methyl sites for hydroxylation is 1. The van der Waals surface area contributed by atoms with Gasteiger partial charge in [-0.05, 0) is 19.8 Å². The summed E-state index contributed by atoms with van der Waals surface area (Å²) in [7, 11) is 0. The van der Waals surface area contributed by atoms with Crippen LogP contribution in [-0.4, -0.2) is 66.2 Å². The zero-order valence-electron chi connectivity index (χ0n) is 13.1. The van der Waals surface area contributed by atoms with Gasteiger partial charge in [0.05, 0.1) is 16.8 Å². The fourth-order valence-electron chi connectivity index (χ4n) is 2.94. The number of nitrogens with zero attached hydrogens (tertiary/aromatic N) is 3.